The van der Waals surface area contributed by atoms with Gasteiger partial charge in [0.2, 0.25) is 11.9 Å². The van der Waals surface area contributed by atoms with Gasteiger partial charge in [0.05, 0.1) is 333 Å². The summed E-state index contributed by atoms with van der Waals surface area (Å²) < 4.78 is 134. The second kappa shape index (κ2) is 75.4. The fourth-order valence-corrected chi connectivity index (χ4v) is 14.3. The maximum absolute atomic E-state index is 13.5. The summed E-state index contributed by atoms with van der Waals surface area (Å²) >= 11 is 6.15. The topological polar surface area (TPSA) is 483 Å². The van der Waals surface area contributed by atoms with Crippen LogP contribution in [0.3, 0.4) is 0 Å². The van der Waals surface area contributed by atoms with E-state index in [4.69, 9.17) is 132 Å². The molecule has 1 unspecified atom stereocenters. The van der Waals surface area contributed by atoms with Gasteiger partial charge in [0.15, 0.2) is 5.82 Å². The van der Waals surface area contributed by atoms with Crippen molar-refractivity contribution in [1.82, 2.24) is 44.2 Å². The normalized spacial score (nSPS) is 13.2. The number of aromatic nitrogens is 6. The van der Waals surface area contributed by atoms with Gasteiger partial charge in [0, 0.05) is 121 Å². The predicted molar refractivity (Wildman–Crippen MR) is 540 cm³/mol. The number of carbonyl (C=O) groups is 5. The Kier molecular flexibility index (Phi) is 62.8. The van der Waals surface area contributed by atoms with Gasteiger partial charge in [0.25, 0.3) is 23.6 Å². The Morgan fingerprint density at radius 3 is 1.15 bits per heavy atom. The number of aryl methyl sites for hydroxylation is 4. The Balaban J connectivity index is 0.519. The number of nitrogens with two attached hydrogens (primary N) is 2. The second-order valence-electron chi connectivity index (χ2n) is 32.7. The lowest BCUT2D eigenvalue weighted by molar-refractivity contribution is -0.117. The molecule has 7 aromatic rings. The fraction of sp³-hybridized carbons (Fsp3) is 0.626. The Bertz CT molecular complexity index is 4600. The monoisotopic (exact) mass is 2050 g/mol. The third-order valence-electron chi connectivity index (χ3n) is 21.5. The number of nitrogens with zero attached hydrogens (tertiary/aromatic N) is 7. The summed E-state index contributed by atoms with van der Waals surface area (Å²) in [6.45, 7) is 25.9. The zero-order valence-electron chi connectivity index (χ0n) is 84.6. The van der Waals surface area contributed by atoms with Crippen LogP contribution in [0.5, 0.6) is 0 Å². The van der Waals surface area contributed by atoms with E-state index in [2.05, 4.69) is 60.2 Å². The lowest BCUT2D eigenvalue weighted by atomic mass is 9.88. The van der Waals surface area contributed by atoms with Crippen molar-refractivity contribution < 1.29 is 133 Å². The van der Waals surface area contributed by atoms with Crippen molar-refractivity contribution >= 4 is 75.7 Å². The van der Waals surface area contributed by atoms with Crippen LogP contribution in [0, 0.1) is 0 Å². The van der Waals surface area contributed by atoms with E-state index < -0.39 is 11.9 Å². The summed E-state index contributed by atoms with van der Waals surface area (Å²) in [4.78, 5) is 76.7. The summed E-state index contributed by atoms with van der Waals surface area (Å²) in [6.07, 6.45) is 8.02. The van der Waals surface area contributed by atoms with Crippen LogP contribution in [-0.2, 0) is 142 Å². The van der Waals surface area contributed by atoms with Gasteiger partial charge in [-0.3, -0.25) is 24.0 Å². The van der Waals surface area contributed by atoms with Crippen LogP contribution in [0.2, 0.25) is 5.02 Å². The minimum absolute atomic E-state index is 0.00308. The molecule has 1 aliphatic rings. The number of ether oxygens (including phenoxy) is 23. The first kappa shape index (κ1) is 120. The number of halogens is 1. The fourth-order valence-electron chi connectivity index (χ4n) is 14.2. The van der Waals surface area contributed by atoms with Crippen molar-refractivity contribution in [3.63, 3.8) is 0 Å². The van der Waals surface area contributed by atoms with Crippen LogP contribution in [0.15, 0.2) is 104 Å². The van der Waals surface area contributed by atoms with E-state index in [-0.39, 0.29) is 61.2 Å². The van der Waals surface area contributed by atoms with Gasteiger partial charge in [-0.1, -0.05) is 29.8 Å². The Morgan fingerprint density at radius 1 is 0.382 bits per heavy atom. The molecule has 0 bridgehead atoms. The summed E-state index contributed by atoms with van der Waals surface area (Å²) in [5.74, 6) is -0.0357. The molecular formula is C99H155ClN16O28. The molecule has 3 aromatic carbocycles. The molecule has 0 saturated carbocycles. The molecule has 806 valence electrons. The number of fused-ring (bicyclic) bond motifs is 1. The smallest absolute Gasteiger partial charge is 0.291 e. The molecule has 8 rings (SSSR count). The van der Waals surface area contributed by atoms with Crippen LogP contribution < -0.4 is 53.6 Å². The summed E-state index contributed by atoms with van der Waals surface area (Å²) in [5, 5.41) is 22.4. The van der Waals surface area contributed by atoms with E-state index in [1.165, 1.54) is 0 Å². The van der Waals surface area contributed by atoms with E-state index in [9.17, 15) is 24.0 Å². The van der Waals surface area contributed by atoms with Crippen LogP contribution >= 0.6 is 11.6 Å². The quantitative estimate of drug-likeness (QED) is 0.0192. The lowest BCUT2D eigenvalue weighted by Gasteiger charge is -2.39. The molecule has 144 heavy (non-hydrogen) atoms. The molecular weight excluding hydrogens is 1900 g/mol. The number of amides is 5. The predicted octanol–water partition coefficient (Wildman–Crippen LogP) is 6.18. The van der Waals surface area contributed by atoms with Gasteiger partial charge in [-0.05, 0) is 97.1 Å². The largest absolute Gasteiger partial charge is 0.378 e. The van der Waals surface area contributed by atoms with Crippen LogP contribution in [0.1, 0.15) is 92.0 Å². The highest BCUT2D eigenvalue weighted by Crippen LogP contribution is 2.42. The molecule has 0 spiro atoms. The van der Waals surface area contributed by atoms with Crippen molar-refractivity contribution in [2.45, 2.75) is 44.8 Å². The summed E-state index contributed by atoms with van der Waals surface area (Å²) in [7, 11) is 7.03. The van der Waals surface area contributed by atoms with Crippen molar-refractivity contribution in [2.75, 3.05) is 363 Å². The number of hydrogen-bond acceptors (Lipinski definition) is 35. The van der Waals surface area contributed by atoms with Crippen molar-refractivity contribution in [3.8, 4) is 11.1 Å². The third kappa shape index (κ3) is 50.4. The molecule has 5 heterocycles. The molecule has 5 amide bonds. The average molecular weight is 2050 g/mol. The van der Waals surface area contributed by atoms with Gasteiger partial charge in [-0.15, -0.1) is 0 Å². The first-order valence-electron chi connectivity index (χ1n) is 49.3. The second-order valence-corrected chi connectivity index (χ2v) is 33.1. The van der Waals surface area contributed by atoms with Gasteiger partial charge in [0.1, 0.15) is 17.2 Å². The van der Waals surface area contributed by atoms with E-state index >= 15 is 0 Å². The van der Waals surface area contributed by atoms with Crippen molar-refractivity contribution in [3.05, 3.63) is 143 Å². The number of carbonyl (C=O) groups excluding carboxylic acids is 5. The number of nitrogens with one attached hydrogen (secondary N) is 7. The van der Waals surface area contributed by atoms with Crippen LogP contribution in [0.4, 0.5) is 34.5 Å². The van der Waals surface area contributed by atoms with E-state index in [0.29, 0.717) is 374 Å². The van der Waals surface area contributed by atoms with Crippen LogP contribution in [0.25, 0.3) is 11.1 Å². The average Bonchev–Trinajstić information content (AvgIpc) is 1.02. The molecule has 44 nitrogen and oxygen atoms in total. The number of hydrogen-bond donors (Lipinski definition) is 9. The molecule has 1 aliphatic heterocycles. The standard InChI is InChI=1S/C99H155ClN16O28/c1-77-69-88(107-83-14-12-82(100)13-15-83)86-70-81(11-16-90(86)116(77)78(2)117)79-7-9-80(10-8-79)95(118)105-21-25-124-29-33-128-37-41-132-45-49-136-52-53-137-50-46-133-42-38-129-34-30-125-26-22-106-97(120)91-71-84(73-112(91)3)108-98(121)94-110-89(75-114(94)5)87(102)17-19-104-96(119)92-72-85(74-113(92)4)109-99-111-93(76-115(99)6)103-20-24-123-28-32-127-36-40-131-44-48-135-54-56-139-58-60-141-62-64-143-66-68-144-67-65-142-63-61-140-59-57-138-55-51-134-47-43-130-39-35-126-31-27-122-23-18-101/h7-16,70-77,87-88,103,107H,17-69,101-102H2,1-6H3,(H,104,119)(H,105,118)(H,106,120)(H,108,121)(H,109,111)/t77-,87?,88+/m0/s1. The maximum atomic E-state index is 13.5. The highest BCUT2D eigenvalue weighted by atomic mass is 35.5. The number of benzene rings is 3. The van der Waals surface area contributed by atoms with Gasteiger partial charge < -0.3 is 181 Å². The van der Waals surface area contributed by atoms with Crippen molar-refractivity contribution in [2.24, 2.45) is 39.7 Å². The lowest BCUT2D eigenvalue weighted by Crippen LogP contribution is -2.43. The van der Waals surface area contributed by atoms with Crippen LogP contribution in [-0.4, -0.2) is 400 Å². The maximum Gasteiger partial charge on any atom is 0.291 e. The molecule has 45 heteroatoms. The van der Waals surface area contributed by atoms with E-state index in [1.807, 2.05) is 71.2 Å². The molecule has 11 N–H and O–H groups in total. The molecule has 3 atom stereocenters. The number of anilines is 6. The Labute approximate surface area is 849 Å². The van der Waals surface area contributed by atoms with Gasteiger partial charge in [-0.2, -0.15) is 4.98 Å². The minimum atomic E-state index is -0.600. The first-order chi connectivity index (χ1) is 70.5. The molecule has 0 fully saturated rings. The number of imidazole rings is 2. The van der Waals surface area contributed by atoms with Crippen molar-refractivity contribution in [1.29, 1.82) is 0 Å². The minimum Gasteiger partial charge on any atom is -0.378 e. The highest BCUT2D eigenvalue weighted by molar-refractivity contribution is 6.30. The first-order valence-corrected chi connectivity index (χ1v) is 49.7. The number of rotatable bonds is 89. The Morgan fingerprint density at radius 2 is 0.743 bits per heavy atom. The van der Waals surface area contributed by atoms with E-state index in [1.54, 1.807) is 84.6 Å². The molecule has 4 aromatic heterocycles. The molecule has 0 radical (unpaired) electrons. The SMILES string of the molecule is CC(=O)N1c2ccc(-c3ccc(C(=O)NCCOCCOCCOCCOCCOCCOCCOCCOCCNC(=O)c4cc(NC(=O)c5nc(C(N)CCNC(=O)c6cc(Nc7nc(NCCOCCOCCOCCOCCOCCOCCOCCOCCOCCOCCOCCOCCOCCOCCOCCN)cn7C)cn6C)cn5C)cn4C)cc3)cc2[C@H](Nc2ccc(Cl)cc2)C[C@@H]1C. The molecule has 0 aliphatic carbocycles. The third-order valence-corrected chi connectivity index (χ3v) is 21.7. The summed E-state index contributed by atoms with van der Waals surface area (Å²) in [6, 6.07) is 23.9. The highest BCUT2D eigenvalue weighted by Gasteiger charge is 2.33. The van der Waals surface area contributed by atoms with Gasteiger partial charge in [-0.25, -0.2) is 4.98 Å². The zero-order chi connectivity index (χ0) is 102. The Hall–Kier alpha value is -9.32. The zero-order valence-corrected chi connectivity index (χ0v) is 85.4. The summed E-state index contributed by atoms with van der Waals surface area (Å²) in [5.41, 5.74) is 19.5. The van der Waals surface area contributed by atoms with Gasteiger partial charge >= 0.3 is 0 Å². The van der Waals surface area contributed by atoms with E-state index in [0.717, 1.165) is 34.5 Å². The molecule has 0 saturated heterocycles.